The molecule has 70 valence electrons. The number of hydrogen-bond acceptors (Lipinski definition) is 2. The number of methoxy groups -OCH3 is 1. The van der Waals surface area contributed by atoms with Crippen LogP contribution in [-0.2, 0) is 0 Å². The van der Waals surface area contributed by atoms with E-state index in [1.165, 1.54) is 0 Å². The van der Waals surface area contributed by atoms with E-state index in [1.54, 1.807) is 19.2 Å². The van der Waals surface area contributed by atoms with Crippen LogP contribution in [0.2, 0.25) is 0 Å². The molecule has 3 nitrogen and oxygen atoms in total. The third-order valence-electron chi connectivity index (χ3n) is 2.23. The molecule has 0 aliphatic rings. The lowest BCUT2D eigenvalue weighted by Gasteiger charge is -2.01. The van der Waals surface area contributed by atoms with E-state index in [9.17, 15) is 0 Å². The highest BCUT2D eigenvalue weighted by Crippen LogP contribution is 2.28. The molecule has 0 aliphatic heterocycles. The number of benzene rings is 1. The van der Waals surface area contributed by atoms with Gasteiger partial charge in [-0.2, -0.15) is 5.26 Å². The zero-order valence-electron chi connectivity index (χ0n) is 8.09. The number of H-pyrrole nitrogens is 1. The maximum atomic E-state index is 8.90. The van der Waals surface area contributed by atoms with E-state index in [0.29, 0.717) is 5.56 Å². The summed E-state index contributed by atoms with van der Waals surface area (Å²) < 4.78 is 5.20. The third-order valence-corrected chi connectivity index (χ3v) is 2.23. The molecule has 0 bridgehead atoms. The van der Waals surface area contributed by atoms with Crippen LogP contribution in [0.5, 0.6) is 5.75 Å². The Balaban J connectivity index is 2.86. The highest BCUT2D eigenvalue weighted by molar-refractivity contribution is 5.90. The molecule has 2 aromatic rings. The molecule has 0 fully saturated rings. The predicted octanol–water partition coefficient (Wildman–Crippen LogP) is 2.36. The van der Waals surface area contributed by atoms with Gasteiger partial charge in [0.05, 0.1) is 24.3 Å². The van der Waals surface area contributed by atoms with Gasteiger partial charge in [-0.15, -0.1) is 0 Å². The molecule has 0 saturated carbocycles. The molecule has 0 radical (unpaired) electrons. The third kappa shape index (κ3) is 1.12. The van der Waals surface area contributed by atoms with Crippen LogP contribution in [0.25, 0.3) is 10.9 Å². The van der Waals surface area contributed by atoms with Crippen molar-refractivity contribution in [2.45, 2.75) is 6.92 Å². The normalized spacial score (nSPS) is 10.1. The van der Waals surface area contributed by atoms with Crippen LogP contribution in [0.3, 0.4) is 0 Å². The average Bonchev–Trinajstić information content (AvgIpc) is 2.57. The van der Waals surface area contributed by atoms with E-state index in [2.05, 4.69) is 11.1 Å². The summed E-state index contributed by atoms with van der Waals surface area (Å²) in [6, 6.07) is 7.69. The SMILES string of the molecule is COc1ccc(C#N)c2cc(C)[nH]c12. The Morgan fingerprint density at radius 1 is 1.43 bits per heavy atom. The standard InChI is InChI=1S/C11H10N2O/c1-7-5-9-8(6-12)3-4-10(14-2)11(9)13-7/h3-5,13H,1-2H3. The molecule has 1 N–H and O–H groups in total. The average molecular weight is 186 g/mol. The van der Waals surface area contributed by atoms with Crippen molar-refractivity contribution < 1.29 is 4.74 Å². The summed E-state index contributed by atoms with van der Waals surface area (Å²) in [6.07, 6.45) is 0. The van der Waals surface area contributed by atoms with Gasteiger partial charge >= 0.3 is 0 Å². The minimum atomic E-state index is 0.671. The van der Waals surface area contributed by atoms with Crippen molar-refractivity contribution in [3.8, 4) is 11.8 Å². The van der Waals surface area contributed by atoms with E-state index in [0.717, 1.165) is 22.3 Å². The lowest BCUT2D eigenvalue weighted by Crippen LogP contribution is -1.85. The number of hydrogen-bond donors (Lipinski definition) is 1. The van der Waals surface area contributed by atoms with Crippen LogP contribution in [0, 0.1) is 18.3 Å². The predicted molar refractivity (Wildman–Crippen MR) is 54.3 cm³/mol. The summed E-state index contributed by atoms with van der Waals surface area (Å²) in [5.41, 5.74) is 2.59. The van der Waals surface area contributed by atoms with Crippen LogP contribution in [0.15, 0.2) is 18.2 Å². The number of nitrogens with zero attached hydrogens (tertiary/aromatic N) is 1. The fourth-order valence-corrected chi connectivity index (χ4v) is 1.60. The summed E-state index contributed by atoms with van der Waals surface area (Å²) in [6.45, 7) is 1.96. The van der Waals surface area contributed by atoms with Gasteiger partial charge in [-0.1, -0.05) is 0 Å². The van der Waals surface area contributed by atoms with Crippen molar-refractivity contribution in [3.63, 3.8) is 0 Å². The van der Waals surface area contributed by atoms with Crippen LogP contribution < -0.4 is 4.74 Å². The lowest BCUT2D eigenvalue weighted by molar-refractivity contribution is 0.419. The number of aromatic amines is 1. The molecule has 1 aromatic heterocycles. The topological polar surface area (TPSA) is 48.8 Å². The van der Waals surface area contributed by atoms with Crippen LogP contribution in [0.1, 0.15) is 11.3 Å². The largest absolute Gasteiger partial charge is 0.495 e. The Morgan fingerprint density at radius 3 is 2.86 bits per heavy atom. The first-order valence-corrected chi connectivity index (χ1v) is 4.32. The summed E-state index contributed by atoms with van der Waals surface area (Å²) in [5, 5.41) is 9.82. The Kier molecular flexibility index (Phi) is 1.90. The zero-order chi connectivity index (χ0) is 10.1. The van der Waals surface area contributed by atoms with Gasteiger partial charge in [-0.05, 0) is 25.1 Å². The van der Waals surface area contributed by atoms with Crippen LogP contribution in [0.4, 0.5) is 0 Å². The van der Waals surface area contributed by atoms with Crippen molar-refractivity contribution in [1.29, 1.82) is 5.26 Å². The van der Waals surface area contributed by atoms with Gasteiger partial charge in [0.1, 0.15) is 5.75 Å². The van der Waals surface area contributed by atoms with Crippen LogP contribution in [-0.4, -0.2) is 12.1 Å². The van der Waals surface area contributed by atoms with E-state index < -0.39 is 0 Å². The smallest absolute Gasteiger partial charge is 0.143 e. The summed E-state index contributed by atoms with van der Waals surface area (Å²) in [7, 11) is 1.62. The maximum Gasteiger partial charge on any atom is 0.143 e. The Hall–Kier alpha value is -1.95. The number of ether oxygens (including phenoxy) is 1. The molecule has 0 unspecified atom stereocenters. The summed E-state index contributed by atoms with van der Waals surface area (Å²) in [4.78, 5) is 3.18. The van der Waals surface area contributed by atoms with Crippen molar-refractivity contribution in [2.75, 3.05) is 7.11 Å². The second kappa shape index (κ2) is 3.08. The highest BCUT2D eigenvalue weighted by atomic mass is 16.5. The molecule has 0 saturated heterocycles. The van der Waals surface area contributed by atoms with Crippen molar-refractivity contribution in [3.05, 3.63) is 29.5 Å². The van der Waals surface area contributed by atoms with Gasteiger partial charge < -0.3 is 9.72 Å². The number of nitrogens with one attached hydrogen (secondary N) is 1. The monoisotopic (exact) mass is 186 g/mol. The quantitative estimate of drug-likeness (QED) is 0.743. The maximum absolute atomic E-state index is 8.90. The van der Waals surface area contributed by atoms with E-state index >= 15 is 0 Å². The van der Waals surface area contributed by atoms with Crippen LogP contribution >= 0.6 is 0 Å². The first-order valence-electron chi connectivity index (χ1n) is 4.32. The molecule has 0 aliphatic carbocycles. The van der Waals surface area contributed by atoms with Crippen molar-refractivity contribution in [1.82, 2.24) is 4.98 Å². The second-order valence-electron chi connectivity index (χ2n) is 3.17. The number of nitriles is 1. The summed E-state index contributed by atoms with van der Waals surface area (Å²) in [5.74, 6) is 0.770. The molecule has 2 rings (SSSR count). The van der Waals surface area contributed by atoms with Gasteiger partial charge in [0.2, 0.25) is 0 Å². The number of rotatable bonds is 1. The van der Waals surface area contributed by atoms with Gasteiger partial charge in [-0.25, -0.2) is 0 Å². The van der Waals surface area contributed by atoms with Crippen molar-refractivity contribution >= 4 is 10.9 Å². The second-order valence-corrected chi connectivity index (χ2v) is 3.17. The Bertz CT molecular complexity index is 520. The highest BCUT2D eigenvalue weighted by Gasteiger charge is 2.08. The van der Waals surface area contributed by atoms with Gasteiger partial charge in [-0.3, -0.25) is 0 Å². The molecule has 14 heavy (non-hydrogen) atoms. The minimum Gasteiger partial charge on any atom is -0.495 e. The van der Waals surface area contributed by atoms with Gasteiger partial charge in [0, 0.05) is 11.1 Å². The van der Waals surface area contributed by atoms with E-state index in [4.69, 9.17) is 10.00 Å². The van der Waals surface area contributed by atoms with Gasteiger partial charge in [0.25, 0.3) is 0 Å². The summed E-state index contributed by atoms with van der Waals surface area (Å²) >= 11 is 0. The molecule has 0 atom stereocenters. The molecule has 3 heteroatoms. The van der Waals surface area contributed by atoms with E-state index in [1.807, 2.05) is 13.0 Å². The number of fused-ring (bicyclic) bond motifs is 1. The molecule has 1 heterocycles. The molecule has 1 aromatic carbocycles. The zero-order valence-corrected chi connectivity index (χ0v) is 8.09. The minimum absolute atomic E-state index is 0.671. The lowest BCUT2D eigenvalue weighted by atomic mass is 10.1. The fraction of sp³-hybridized carbons (Fsp3) is 0.182. The molecular formula is C11H10N2O. The molecular weight excluding hydrogens is 176 g/mol. The number of aryl methyl sites for hydroxylation is 1. The fourth-order valence-electron chi connectivity index (χ4n) is 1.60. The Morgan fingerprint density at radius 2 is 2.21 bits per heavy atom. The molecule has 0 amide bonds. The van der Waals surface area contributed by atoms with E-state index in [-0.39, 0.29) is 0 Å². The first-order chi connectivity index (χ1) is 6.76. The first kappa shape index (κ1) is 8.64. The van der Waals surface area contributed by atoms with Crippen molar-refractivity contribution in [2.24, 2.45) is 0 Å². The Labute approximate surface area is 81.9 Å². The molecule has 0 spiro atoms. The number of aromatic nitrogens is 1. The van der Waals surface area contributed by atoms with Gasteiger partial charge in [0.15, 0.2) is 0 Å².